The maximum absolute atomic E-state index is 13.6. The number of para-hydroxylation sites is 1. The second kappa shape index (κ2) is 8.05. The lowest BCUT2D eigenvalue weighted by Crippen LogP contribution is -2.30. The van der Waals surface area contributed by atoms with Crippen molar-refractivity contribution in [3.8, 4) is 10.6 Å². The molecule has 3 rings (SSSR count). The van der Waals surface area contributed by atoms with Crippen molar-refractivity contribution in [1.29, 1.82) is 0 Å². The van der Waals surface area contributed by atoms with Crippen molar-refractivity contribution in [3.05, 3.63) is 71.2 Å². The maximum atomic E-state index is 13.6. The van der Waals surface area contributed by atoms with Crippen LogP contribution >= 0.6 is 11.3 Å². The minimum atomic E-state index is -1.15. The number of nitrogens with one attached hydrogen (secondary N) is 1. The zero-order chi connectivity index (χ0) is 19.4. The summed E-state index contributed by atoms with van der Waals surface area (Å²) in [4.78, 5) is 28.4. The molecule has 138 valence electrons. The summed E-state index contributed by atoms with van der Waals surface area (Å²) in [5.41, 5.74) is 0.688. The fourth-order valence-corrected chi connectivity index (χ4v) is 2.96. The number of carbonyl (C=O) groups excluding carboxylic acids is 2. The average molecular weight is 388 g/mol. The van der Waals surface area contributed by atoms with Crippen LogP contribution in [-0.2, 0) is 9.53 Å². The van der Waals surface area contributed by atoms with E-state index in [2.05, 4.69) is 10.3 Å². The fraction of sp³-hybridized carbons (Fsp3) is 0.105. The third-order valence-corrected chi connectivity index (χ3v) is 4.48. The first-order valence-corrected chi connectivity index (χ1v) is 8.80. The maximum Gasteiger partial charge on any atom is 0.358 e. The summed E-state index contributed by atoms with van der Waals surface area (Å²) in [6, 6.07) is 11.4. The van der Waals surface area contributed by atoms with Crippen LogP contribution in [0.2, 0.25) is 0 Å². The summed E-state index contributed by atoms with van der Waals surface area (Å²) in [6.07, 6.45) is -1.15. The Hall–Kier alpha value is -3.13. The van der Waals surface area contributed by atoms with Gasteiger partial charge < -0.3 is 10.1 Å². The van der Waals surface area contributed by atoms with E-state index < -0.39 is 23.8 Å². The lowest BCUT2D eigenvalue weighted by atomic mass is 10.2. The Bertz CT molecular complexity index is 973. The highest BCUT2D eigenvalue weighted by Crippen LogP contribution is 2.24. The van der Waals surface area contributed by atoms with Gasteiger partial charge in [0, 0.05) is 10.9 Å². The van der Waals surface area contributed by atoms with Gasteiger partial charge in [-0.25, -0.2) is 18.6 Å². The molecule has 0 saturated carbocycles. The number of nitrogens with zero attached hydrogens (tertiary/aromatic N) is 1. The Morgan fingerprint density at radius 3 is 2.52 bits per heavy atom. The van der Waals surface area contributed by atoms with Crippen molar-refractivity contribution < 1.29 is 23.1 Å². The molecule has 0 radical (unpaired) electrons. The molecule has 0 saturated heterocycles. The minimum absolute atomic E-state index is 0.00217. The number of aromatic nitrogens is 1. The number of halogens is 2. The van der Waals surface area contributed by atoms with Crippen LogP contribution in [0.4, 0.5) is 14.5 Å². The van der Waals surface area contributed by atoms with Gasteiger partial charge in [-0.1, -0.05) is 12.1 Å². The lowest BCUT2D eigenvalue weighted by molar-refractivity contribution is -0.123. The van der Waals surface area contributed by atoms with Crippen LogP contribution in [0, 0.1) is 11.6 Å². The summed E-state index contributed by atoms with van der Waals surface area (Å²) < 4.78 is 31.6. The molecule has 3 aromatic rings. The van der Waals surface area contributed by atoms with Gasteiger partial charge in [0.25, 0.3) is 5.91 Å². The highest BCUT2D eigenvalue weighted by atomic mass is 32.1. The number of hydrogen-bond donors (Lipinski definition) is 1. The van der Waals surface area contributed by atoms with E-state index in [4.69, 9.17) is 4.74 Å². The SMILES string of the molecule is C[C@@H](OC(=O)c1csc(-c2ccc(F)cc2)n1)C(=O)Nc1ccccc1F. The second-order valence-corrected chi connectivity index (χ2v) is 6.42. The normalized spacial score (nSPS) is 11.7. The van der Waals surface area contributed by atoms with Crippen LogP contribution < -0.4 is 5.32 Å². The van der Waals surface area contributed by atoms with E-state index in [0.717, 1.165) is 0 Å². The van der Waals surface area contributed by atoms with E-state index in [-0.39, 0.29) is 17.2 Å². The zero-order valence-electron chi connectivity index (χ0n) is 14.1. The van der Waals surface area contributed by atoms with Crippen molar-refractivity contribution >= 4 is 28.9 Å². The number of rotatable bonds is 5. The Labute approximate surface area is 157 Å². The molecular formula is C19H14F2N2O3S. The molecule has 27 heavy (non-hydrogen) atoms. The number of amides is 1. The van der Waals surface area contributed by atoms with Gasteiger partial charge in [-0.15, -0.1) is 11.3 Å². The molecule has 1 amide bonds. The number of anilines is 1. The van der Waals surface area contributed by atoms with Crippen LogP contribution in [0.3, 0.4) is 0 Å². The predicted octanol–water partition coefficient (Wildman–Crippen LogP) is 4.27. The molecule has 2 aromatic carbocycles. The monoisotopic (exact) mass is 388 g/mol. The molecule has 1 atom stereocenters. The molecular weight excluding hydrogens is 374 g/mol. The summed E-state index contributed by atoms with van der Waals surface area (Å²) in [5.74, 6) is -2.41. The molecule has 0 aliphatic rings. The number of hydrogen-bond acceptors (Lipinski definition) is 5. The summed E-state index contributed by atoms with van der Waals surface area (Å²) in [5, 5.41) is 4.37. The molecule has 0 aliphatic heterocycles. The zero-order valence-corrected chi connectivity index (χ0v) is 14.9. The summed E-state index contributed by atoms with van der Waals surface area (Å²) in [6.45, 7) is 1.38. The second-order valence-electron chi connectivity index (χ2n) is 5.56. The van der Waals surface area contributed by atoms with Crippen LogP contribution in [0.1, 0.15) is 17.4 Å². The van der Waals surface area contributed by atoms with Crippen LogP contribution in [0.15, 0.2) is 53.9 Å². The van der Waals surface area contributed by atoms with Gasteiger partial charge in [-0.2, -0.15) is 0 Å². The molecule has 1 aromatic heterocycles. The van der Waals surface area contributed by atoms with E-state index in [0.29, 0.717) is 10.6 Å². The van der Waals surface area contributed by atoms with E-state index >= 15 is 0 Å². The molecule has 5 nitrogen and oxygen atoms in total. The molecule has 8 heteroatoms. The van der Waals surface area contributed by atoms with Gasteiger partial charge in [0.1, 0.15) is 16.6 Å². The third-order valence-electron chi connectivity index (χ3n) is 3.59. The first-order chi connectivity index (χ1) is 12.9. The topological polar surface area (TPSA) is 68.3 Å². The van der Waals surface area contributed by atoms with Crippen LogP contribution in [0.5, 0.6) is 0 Å². The average Bonchev–Trinajstić information content (AvgIpc) is 3.14. The van der Waals surface area contributed by atoms with Gasteiger partial charge in [0.15, 0.2) is 11.8 Å². The van der Waals surface area contributed by atoms with Gasteiger partial charge >= 0.3 is 5.97 Å². The Balaban J connectivity index is 1.64. The molecule has 0 fully saturated rings. The van der Waals surface area contributed by atoms with Gasteiger partial charge in [0.05, 0.1) is 5.69 Å². The van der Waals surface area contributed by atoms with E-state index in [1.807, 2.05) is 0 Å². The minimum Gasteiger partial charge on any atom is -0.448 e. The lowest BCUT2D eigenvalue weighted by Gasteiger charge is -2.13. The molecule has 1 heterocycles. The van der Waals surface area contributed by atoms with Crippen LogP contribution in [-0.4, -0.2) is 23.0 Å². The van der Waals surface area contributed by atoms with Crippen molar-refractivity contribution in [2.24, 2.45) is 0 Å². The first kappa shape index (κ1) is 18.7. The number of carbonyl (C=O) groups is 2. The molecule has 1 N–H and O–H groups in total. The van der Waals surface area contributed by atoms with Gasteiger partial charge in [0.2, 0.25) is 0 Å². The van der Waals surface area contributed by atoms with Crippen LogP contribution in [0.25, 0.3) is 10.6 Å². The highest BCUT2D eigenvalue weighted by Gasteiger charge is 2.22. The van der Waals surface area contributed by atoms with Crippen molar-refractivity contribution in [1.82, 2.24) is 4.98 Å². The fourth-order valence-electron chi connectivity index (χ4n) is 2.16. The first-order valence-electron chi connectivity index (χ1n) is 7.92. The molecule has 0 unspecified atom stereocenters. The number of benzene rings is 2. The number of thiazole rings is 1. The third kappa shape index (κ3) is 4.53. The number of ether oxygens (including phenoxy) is 1. The van der Waals surface area contributed by atoms with Crippen molar-refractivity contribution in [2.75, 3.05) is 5.32 Å². The molecule has 0 bridgehead atoms. The standard InChI is InChI=1S/C19H14F2N2O3S/c1-11(17(24)22-15-5-3-2-4-14(15)21)26-19(25)16-10-27-18(23-16)12-6-8-13(20)9-7-12/h2-11H,1H3,(H,22,24)/t11-/m1/s1. The van der Waals surface area contributed by atoms with Gasteiger partial charge in [-0.3, -0.25) is 4.79 Å². The molecule has 0 spiro atoms. The Morgan fingerprint density at radius 2 is 1.81 bits per heavy atom. The largest absolute Gasteiger partial charge is 0.448 e. The quantitative estimate of drug-likeness (QED) is 0.663. The highest BCUT2D eigenvalue weighted by molar-refractivity contribution is 7.13. The Morgan fingerprint density at radius 1 is 1.11 bits per heavy atom. The molecule has 0 aliphatic carbocycles. The smallest absolute Gasteiger partial charge is 0.358 e. The number of esters is 1. The van der Waals surface area contributed by atoms with E-state index in [9.17, 15) is 18.4 Å². The van der Waals surface area contributed by atoms with Gasteiger partial charge in [-0.05, 0) is 43.3 Å². The van der Waals surface area contributed by atoms with E-state index in [1.54, 1.807) is 18.2 Å². The summed E-state index contributed by atoms with van der Waals surface area (Å²) >= 11 is 1.19. The van der Waals surface area contributed by atoms with E-state index in [1.165, 1.54) is 54.0 Å². The van der Waals surface area contributed by atoms with Crippen molar-refractivity contribution in [3.63, 3.8) is 0 Å². The Kier molecular flexibility index (Phi) is 5.56. The predicted molar refractivity (Wildman–Crippen MR) is 97.4 cm³/mol. The van der Waals surface area contributed by atoms with Crippen molar-refractivity contribution in [2.45, 2.75) is 13.0 Å². The summed E-state index contributed by atoms with van der Waals surface area (Å²) in [7, 11) is 0.